The minimum Gasteiger partial charge on any atom is -0.326 e. The van der Waals surface area contributed by atoms with Crippen molar-refractivity contribution in [1.82, 2.24) is 4.98 Å². The van der Waals surface area contributed by atoms with Gasteiger partial charge in [-0.2, -0.15) is 0 Å². The summed E-state index contributed by atoms with van der Waals surface area (Å²) in [6.07, 6.45) is 0. The van der Waals surface area contributed by atoms with Gasteiger partial charge in [0.15, 0.2) is 0 Å². The van der Waals surface area contributed by atoms with Gasteiger partial charge in [0.2, 0.25) is 0 Å². The first-order chi connectivity index (χ1) is 9.11. The molecule has 0 radical (unpaired) electrons. The first kappa shape index (κ1) is 15.0. The molecule has 0 aliphatic rings. The monoisotopic (exact) mass is 356 g/mol. The van der Waals surface area contributed by atoms with Gasteiger partial charge < -0.3 is 5.73 Å². The van der Waals surface area contributed by atoms with E-state index in [-0.39, 0.29) is 0 Å². The van der Waals surface area contributed by atoms with E-state index in [9.17, 15) is 0 Å². The Morgan fingerprint density at radius 2 is 2.11 bits per heavy atom. The molecule has 0 amide bonds. The fraction of sp³-hybridized carbons (Fsp3) is 0.357. The molecule has 2 rings (SSSR count). The van der Waals surface area contributed by atoms with E-state index in [2.05, 4.69) is 48.0 Å². The molecule has 1 aromatic heterocycles. The van der Waals surface area contributed by atoms with E-state index in [4.69, 9.17) is 10.7 Å². The maximum Gasteiger partial charge on any atom is 0.103 e. The smallest absolute Gasteiger partial charge is 0.103 e. The second-order valence-electron chi connectivity index (χ2n) is 4.49. The average Bonchev–Trinajstić information content (AvgIpc) is 2.81. The number of aromatic nitrogens is 1. The molecule has 0 spiro atoms. The van der Waals surface area contributed by atoms with E-state index in [1.165, 1.54) is 9.77 Å². The third kappa shape index (κ3) is 3.81. The van der Waals surface area contributed by atoms with Crippen LogP contribution < -0.4 is 5.73 Å². The van der Waals surface area contributed by atoms with E-state index in [0.29, 0.717) is 12.5 Å². The van der Waals surface area contributed by atoms with E-state index in [1.807, 2.05) is 6.07 Å². The van der Waals surface area contributed by atoms with Crippen molar-refractivity contribution in [3.05, 3.63) is 44.3 Å². The summed E-state index contributed by atoms with van der Waals surface area (Å²) < 4.78 is 1.14. The van der Waals surface area contributed by atoms with Crippen LogP contribution in [0.4, 0.5) is 0 Å². The van der Waals surface area contributed by atoms with Crippen LogP contribution in [0.3, 0.4) is 0 Å². The maximum atomic E-state index is 5.79. The Morgan fingerprint density at radius 3 is 2.68 bits per heavy atom. The van der Waals surface area contributed by atoms with Crippen molar-refractivity contribution in [1.29, 1.82) is 0 Å². The van der Waals surface area contributed by atoms with Crippen molar-refractivity contribution < 1.29 is 0 Å². The van der Waals surface area contributed by atoms with Gasteiger partial charge in [-0.25, -0.2) is 4.98 Å². The van der Waals surface area contributed by atoms with Crippen LogP contribution in [-0.2, 0) is 12.3 Å². The lowest BCUT2D eigenvalue weighted by molar-refractivity contribution is 0.808. The third-order valence-corrected chi connectivity index (χ3v) is 6.01. The van der Waals surface area contributed by atoms with Gasteiger partial charge >= 0.3 is 0 Å². The summed E-state index contributed by atoms with van der Waals surface area (Å²) in [7, 11) is 0. The molecule has 19 heavy (non-hydrogen) atoms. The molecular formula is C14H17BrN2S2. The molecule has 0 atom stereocenters. The lowest BCUT2D eigenvalue weighted by Crippen LogP contribution is -1.99. The molecule has 2 nitrogen and oxygen atoms in total. The van der Waals surface area contributed by atoms with Gasteiger partial charge in [0, 0.05) is 20.8 Å². The third-order valence-electron chi connectivity index (χ3n) is 2.69. The van der Waals surface area contributed by atoms with Crippen LogP contribution in [0.5, 0.6) is 0 Å². The van der Waals surface area contributed by atoms with Gasteiger partial charge in [-0.3, -0.25) is 0 Å². The molecule has 102 valence electrons. The molecule has 5 heteroatoms. The highest BCUT2D eigenvalue weighted by Crippen LogP contribution is 2.32. The van der Waals surface area contributed by atoms with Gasteiger partial charge in [0.05, 0.1) is 11.4 Å². The largest absolute Gasteiger partial charge is 0.326 e. The number of nitrogens with two attached hydrogens (primary N) is 1. The Hall–Kier alpha value is -0.360. The van der Waals surface area contributed by atoms with E-state index in [0.717, 1.165) is 20.9 Å². The van der Waals surface area contributed by atoms with E-state index < -0.39 is 0 Å². The van der Waals surface area contributed by atoms with Crippen molar-refractivity contribution in [3.8, 4) is 0 Å². The van der Waals surface area contributed by atoms with E-state index >= 15 is 0 Å². The lowest BCUT2D eigenvalue weighted by atomic mass is 10.1. The van der Waals surface area contributed by atoms with Gasteiger partial charge in [-0.15, -0.1) is 23.1 Å². The Bertz CT molecular complexity index is 552. The Labute approximate surface area is 131 Å². The molecule has 2 aromatic rings. The van der Waals surface area contributed by atoms with Crippen molar-refractivity contribution in [3.63, 3.8) is 0 Å². The molecule has 0 aliphatic carbocycles. The van der Waals surface area contributed by atoms with Crippen molar-refractivity contribution in [2.45, 2.75) is 37.0 Å². The second-order valence-corrected chi connectivity index (χ2v) is 7.53. The van der Waals surface area contributed by atoms with Crippen LogP contribution in [0.2, 0.25) is 0 Å². The van der Waals surface area contributed by atoms with Gasteiger partial charge in [-0.1, -0.05) is 26.0 Å². The second kappa shape index (κ2) is 6.88. The first-order valence-corrected chi connectivity index (χ1v) is 8.77. The van der Waals surface area contributed by atoms with Crippen LogP contribution in [-0.4, -0.2) is 4.98 Å². The summed E-state index contributed by atoms with van der Waals surface area (Å²) in [5, 5.41) is 1.16. The molecule has 1 heterocycles. The number of hydrogen-bond acceptors (Lipinski definition) is 4. The van der Waals surface area contributed by atoms with Crippen LogP contribution in [0, 0.1) is 0 Å². The molecule has 0 unspecified atom stereocenters. The summed E-state index contributed by atoms with van der Waals surface area (Å²) in [4.78, 5) is 7.20. The standard InChI is InChI=1S/C14H17BrN2S2/c1-9(2)14-12(7-16)19-13(17-14)8-18-11-6-4-3-5-10(11)15/h3-6,9H,7-8,16H2,1-2H3. The molecule has 1 aromatic carbocycles. The lowest BCUT2D eigenvalue weighted by Gasteiger charge is -2.02. The Balaban J connectivity index is 2.10. The predicted octanol–water partition coefficient (Wildman–Crippen LogP) is 4.78. The minimum absolute atomic E-state index is 0.442. The number of rotatable bonds is 5. The number of benzene rings is 1. The topological polar surface area (TPSA) is 38.9 Å². The number of thiazole rings is 1. The Kier molecular flexibility index (Phi) is 5.45. The number of nitrogens with zero attached hydrogens (tertiary/aromatic N) is 1. The normalized spacial score (nSPS) is 11.2. The molecule has 0 fully saturated rings. The summed E-state index contributed by atoms with van der Waals surface area (Å²) in [5.41, 5.74) is 6.95. The molecule has 0 bridgehead atoms. The average molecular weight is 357 g/mol. The fourth-order valence-corrected chi connectivity index (χ4v) is 4.44. The van der Waals surface area contributed by atoms with Crippen LogP contribution in [0.25, 0.3) is 0 Å². The van der Waals surface area contributed by atoms with Crippen LogP contribution in [0.1, 0.15) is 35.3 Å². The first-order valence-electron chi connectivity index (χ1n) is 6.17. The van der Waals surface area contributed by atoms with Crippen molar-refractivity contribution in [2.24, 2.45) is 5.73 Å². The highest BCUT2D eigenvalue weighted by Gasteiger charge is 2.13. The minimum atomic E-state index is 0.442. The van der Waals surface area contributed by atoms with E-state index in [1.54, 1.807) is 23.1 Å². The molecule has 0 saturated carbocycles. The molecule has 0 saturated heterocycles. The number of thioether (sulfide) groups is 1. The highest BCUT2D eigenvalue weighted by atomic mass is 79.9. The van der Waals surface area contributed by atoms with Crippen molar-refractivity contribution >= 4 is 39.0 Å². The highest BCUT2D eigenvalue weighted by molar-refractivity contribution is 9.10. The quantitative estimate of drug-likeness (QED) is 0.783. The number of hydrogen-bond donors (Lipinski definition) is 1. The van der Waals surface area contributed by atoms with Crippen LogP contribution >= 0.6 is 39.0 Å². The van der Waals surface area contributed by atoms with Crippen molar-refractivity contribution in [2.75, 3.05) is 0 Å². The molecule has 2 N–H and O–H groups in total. The molecule has 0 aliphatic heterocycles. The number of halogens is 1. The maximum absolute atomic E-state index is 5.79. The predicted molar refractivity (Wildman–Crippen MR) is 87.8 cm³/mol. The zero-order valence-corrected chi connectivity index (χ0v) is 14.2. The Morgan fingerprint density at radius 1 is 1.37 bits per heavy atom. The summed E-state index contributed by atoms with van der Waals surface area (Å²) in [6.45, 7) is 4.92. The summed E-state index contributed by atoms with van der Waals surface area (Å²) >= 11 is 7.11. The van der Waals surface area contributed by atoms with Gasteiger partial charge in [0.25, 0.3) is 0 Å². The summed E-state index contributed by atoms with van der Waals surface area (Å²) in [5.74, 6) is 1.34. The van der Waals surface area contributed by atoms with Gasteiger partial charge in [-0.05, 0) is 34.0 Å². The summed E-state index contributed by atoms with van der Waals surface area (Å²) in [6, 6.07) is 8.27. The SMILES string of the molecule is CC(C)c1nc(CSc2ccccc2Br)sc1CN. The molecular weight excluding hydrogens is 340 g/mol. The van der Waals surface area contributed by atoms with Gasteiger partial charge in [0.1, 0.15) is 5.01 Å². The zero-order chi connectivity index (χ0) is 13.8. The zero-order valence-electron chi connectivity index (χ0n) is 11.0. The fourth-order valence-electron chi connectivity index (χ4n) is 1.77. The van der Waals surface area contributed by atoms with Crippen LogP contribution in [0.15, 0.2) is 33.6 Å².